The van der Waals surface area contributed by atoms with Crippen molar-refractivity contribution in [3.63, 3.8) is 0 Å². The Bertz CT molecular complexity index is 686. The molecule has 0 radical (unpaired) electrons. The lowest BCUT2D eigenvalue weighted by Gasteiger charge is -2.39. The second-order valence-electron chi connectivity index (χ2n) is 6.72. The Hall–Kier alpha value is -2.49. The molecular formula is C19H28F3N5O2. The number of piperazine rings is 1. The fourth-order valence-electron chi connectivity index (χ4n) is 2.98. The number of amides is 1. The van der Waals surface area contributed by atoms with Crippen LogP contribution in [-0.4, -0.2) is 73.9 Å². The zero-order valence-corrected chi connectivity index (χ0v) is 16.9. The van der Waals surface area contributed by atoms with E-state index in [1.54, 1.807) is 12.1 Å². The van der Waals surface area contributed by atoms with Crippen molar-refractivity contribution in [3.8, 4) is 0 Å². The predicted octanol–water partition coefficient (Wildman–Crippen LogP) is 2.90. The number of rotatable bonds is 5. The van der Waals surface area contributed by atoms with Gasteiger partial charge in [-0.1, -0.05) is 12.1 Å². The minimum absolute atomic E-state index is 0.332. The molecule has 1 aliphatic rings. The number of carbonyl (C=O) groups is 1. The number of aliphatic imine (C=N–C) groups is 1. The first-order chi connectivity index (χ1) is 13.7. The molecule has 0 aliphatic carbocycles. The van der Waals surface area contributed by atoms with Gasteiger partial charge >= 0.3 is 12.3 Å². The third-order valence-corrected chi connectivity index (χ3v) is 4.77. The molecule has 0 saturated carbocycles. The molecule has 1 aliphatic heterocycles. The molecule has 1 aromatic carbocycles. The smallest absolute Gasteiger partial charge is 0.411 e. The summed E-state index contributed by atoms with van der Waals surface area (Å²) in [5, 5.41) is 5.78. The summed E-state index contributed by atoms with van der Waals surface area (Å²) in [6, 6.07) is 5.77. The highest BCUT2D eigenvalue weighted by atomic mass is 19.4. The number of hydrogen-bond acceptors (Lipinski definition) is 4. The summed E-state index contributed by atoms with van der Waals surface area (Å²) in [5.41, 5.74) is 1.56. The molecule has 0 aromatic heterocycles. The molecule has 1 atom stereocenters. The Morgan fingerprint density at radius 3 is 2.34 bits per heavy atom. The number of ether oxygens (including phenoxy) is 1. The van der Waals surface area contributed by atoms with Crippen LogP contribution in [-0.2, 0) is 11.3 Å². The highest BCUT2D eigenvalue weighted by molar-refractivity contribution is 5.84. The molecule has 1 unspecified atom stereocenters. The minimum atomic E-state index is -4.21. The molecule has 29 heavy (non-hydrogen) atoms. The number of halogens is 3. The number of nitrogens with one attached hydrogen (secondary N) is 2. The van der Waals surface area contributed by atoms with Gasteiger partial charge in [0.1, 0.15) is 6.04 Å². The van der Waals surface area contributed by atoms with Gasteiger partial charge in [0.15, 0.2) is 5.96 Å². The molecular weight excluding hydrogens is 387 g/mol. The van der Waals surface area contributed by atoms with E-state index in [0.717, 1.165) is 5.56 Å². The quantitative estimate of drug-likeness (QED) is 0.572. The van der Waals surface area contributed by atoms with E-state index >= 15 is 0 Å². The van der Waals surface area contributed by atoms with Crippen LogP contribution in [0.1, 0.15) is 19.4 Å². The summed E-state index contributed by atoms with van der Waals surface area (Å²) in [6.45, 7) is 5.86. The Labute approximate surface area is 168 Å². The van der Waals surface area contributed by atoms with E-state index in [1.807, 2.05) is 24.0 Å². The monoisotopic (exact) mass is 415 g/mol. The molecule has 2 rings (SSSR count). The van der Waals surface area contributed by atoms with Crippen molar-refractivity contribution in [1.82, 2.24) is 15.1 Å². The zero-order valence-electron chi connectivity index (χ0n) is 16.9. The van der Waals surface area contributed by atoms with Gasteiger partial charge in [0, 0.05) is 38.4 Å². The molecule has 0 bridgehead atoms. The van der Waals surface area contributed by atoms with Crippen molar-refractivity contribution < 1.29 is 22.7 Å². The molecule has 1 aromatic rings. The zero-order chi connectivity index (χ0) is 21.4. The Morgan fingerprint density at radius 2 is 1.83 bits per heavy atom. The van der Waals surface area contributed by atoms with Crippen molar-refractivity contribution in [2.24, 2.45) is 4.99 Å². The van der Waals surface area contributed by atoms with Crippen molar-refractivity contribution in [2.75, 3.05) is 45.2 Å². The highest BCUT2D eigenvalue weighted by Gasteiger charge is 2.41. The van der Waals surface area contributed by atoms with E-state index < -0.39 is 18.3 Å². The van der Waals surface area contributed by atoms with E-state index in [1.165, 1.54) is 18.9 Å². The van der Waals surface area contributed by atoms with E-state index in [4.69, 9.17) is 0 Å². The molecule has 1 heterocycles. The average Bonchev–Trinajstić information content (AvgIpc) is 2.71. The van der Waals surface area contributed by atoms with Crippen LogP contribution in [0.4, 0.5) is 23.7 Å². The van der Waals surface area contributed by atoms with Crippen LogP contribution in [0.5, 0.6) is 0 Å². The SMILES string of the molecule is CCNC(=NCc1ccc(NC(=O)OC)cc1)N1CCN(C(C)C(F)(F)F)CC1. The van der Waals surface area contributed by atoms with Crippen molar-refractivity contribution in [2.45, 2.75) is 32.6 Å². The van der Waals surface area contributed by atoms with E-state index in [2.05, 4.69) is 20.4 Å². The maximum absolute atomic E-state index is 12.9. The molecule has 1 fully saturated rings. The van der Waals surface area contributed by atoms with Crippen LogP contribution in [0.2, 0.25) is 0 Å². The maximum atomic E-state index is 12.9. The number of guanidine groups is 1. The molecule has 1 amide bonds. The first-order valence-corrected chi connectivity index (χ1v) is 9.52. The van der Waals surface area contributed by atoms with Gasteiger partial charge in [0.25, 0.3) is 0 Å². The number of methoxy groups -OCH3 is 1. The third kappa shape index (κ3) is 6.81. The molecule has 1 saturated heterocycles. The van der Waals surface area contributed by atoms with Gasteiger partial charge in [-0.25, -0.2) is 9.79 Å². The van der Waals surface area contributed by atoms with Gasteiger partial charge in [0.2, 0.25) is 0 Å². The lowest BCUT2D eigenvalue weighted by Crippen LogP contribution is -2.56. The summed E-state index contributed by atoms with van der Waals surface area (Å²) in [6.07, 6.45) is -4.75. The first kappa shape index (κ1) is 22.8. The van der Waals surface area contributed by atoms with E-state index in [0.29, 0.717) is 50.9 Å². The highest BCUT2D eigenvalue weighted by Crippen LogP contribution is 2.25. The van der Waals surface area contributed by atoms with Gasteiger partial charge in [-0.3, -0.25) is 10.2 Å². The van der Waals surface area contributed by atoms with Crippen LogP contribution in [0, 0.1) is 0 Å². The fraction of sp³-hybridized carbons (Fsp3) is 0.579. The number of carbonyl (C=O) groups excluding carboxylic acids is 1. The topological polar surface area (TPSA) is 69.2 Å². The predicted molar refractivity (Wildman–Crippen MR) is 106 cm³/mol. The van der Waals surface area contributed by atoms with Crippen LogP contribution < -0.4 is 10.6 Å². The number of nitrogens with zero attached hydrogens (tertiary/aromatic N) is 3. The summed E-state index contributed by atoms with van der Waals surface area (Å²) in [4.78, 5) is 19.3. The van der Waals surface area contributed by atoms with Crippen LogP contribution in [0.25, 0.3) is 0 Å². The normalized spacial score (nSPS) is 17.0. The molecule has 7 nitrogen and oxygen atoms in total. The standard InChI is InChI=1S/C19H28F3N5O2/c1-4-23-17(27-11-9-26(10-12-27)14(2)19(20,21)22)24-13-15-5-7-16(8-6-15)25-18(28)29-3/h5-8,14H,4,9-13H2,1-3H3,(H,23,24)(H,25,28). The van der Waals surface area contributed by atoms with Gasteiger partial charge in [-0.15, -0.1) is 0 Å². The van der Waals surface area contributed by atoms with Crippen molar-refractivity contribution in [1.29, 1.82) is 0 Å². The minimum Gasteiger partial charge on any atom is -0.453 e. The Kier molecular flexibility index (Phi) is 8.12. The van der Waals surface area contributed by atoms with Crippen LogP contribution in [0.15, 0.2) is 29.3 Å². The molecule has 2 N–H and O–H groups in total. The third-order valence-electron chi connectivity index (χ3n) is 4.77. The number of hydrogen-bond donors (Lipinski definition) is 2. The summed E-state index contributed by atoms with van der Waals surface area (Å²) in [5.74, 6) is 0.684. The summed E-state index contributed by atoms with van der Waals surface area (Å²) >= 11 is 0. The lowest BCUT2D eigenvalue weighted by atomic mass is 10.2. The average molecular weight is 415 g/mol. The molecule has 0 spiro atoms. The van der Waals surface area contributed by atoms with Crippen LogP contribution >= 0.6 is 0 Å². The first-order valence-electron chi connectivity index (χ1n) is 9.52. The summed E-state index contributed by atoms with van der Waals surface area (Å²) in [7, 11) is 1.30. The number of benzene rings is 1. The van der Waals surface area contributed by atoms with Gasteiger partial charge in [0.05, 0.1) is 13.7 Å². The molecule has 162 valence electrons. The van der Waals surface area contributed by atoms with E-state index in [-0.39, 0.29) is 0 Å². The van der Waals surface area contributed by atoms with Gasteiger partial charge in [-0.05, 0) is 31.5 Å². The van der Waals surface area contributed by atoms with Gasteiger partial charge in [-0.2, -0.15) is 13.2 Å². The second-order valence-corrected chi connectivity index (χ2v) is 6.72. The number of alkyl halides is 3. The summed E-state index contributed by atoms with van der Waals surface area (Å²) < 4.78 is 43.3. The van der Waals surface area contributed by atoms with Crippen molar-refractivity contribution in [3.05, 3.63) is 29.8 Å². The maximum Gasteiger partial charge on any atom is 0.411 e. The second kappa shape index (κ2) is 10.3. The largest absolute Gasteiger partial charge is 0.453 e. The van der Waals surface area contributed by atoms with Gasteiger partial charge < -0.3 is 15.0 Å². The Balaban J connectivity index is 1.95. The van der Waals surface area contributed by atoms with E-state index in [9.17, 15) is 18.0 Å². The number of anilines is 1. The van der Waals surface area contributed by atoms with Crippen LogP contribution in [0.3, 0.4) is 0 Å². The molecule has 10 heteroatoms. The fourth-order valence-corrected chi connectivity index (χ4v) is 2.98. The Morgan fingerprint density at radius 1 is 1.21 bits per heavy atom. The van der Waals surface area contributed by atoms with Crippen molar-refractivity contribution >= 4 is 17.7 Å². The lowest BCUT2D eigenvalue weighted by molar-refractivity contribution is -0.181.